The minimum Gasteiger partial charge on any atom is -0.392 e. The molecule has 3 N–H and O–H groups in total. The molecule has 1 atom stereocenters. The van der Waals surface area contributed by atoms with Crippen LogP contribution in [0.2, 0.25) is 0 Å². The molecule has 1 rings (SSSR count). The first kappa shape index (κ1) is 16.5. The molecule has 0 saturated heterocycles. The molecule has 0 saturated carbocycles. The van der Waals surface area contributed by atoms with Crippen LogP contribution in [-0.2, 0) is 13.6 Å². The van der Waals surface area contributed by atoms with Crippen molar-refractivity contribution in [2.24, 2.45) is 18.4 Å². The molecule has 0 aliphatic carbocycles. The highest BCUT2D eigenvalue weighted by Crippen LogP contribution is 2.24. The van der Waals surface area contributed by atoms with Crippen LogP contribution in [0.15, 0.2) is 12.4 Å². The zero-order valence-corrected chi connectivity index (χ0v) is 13.0. The van der Waals surface area contributed by atoms with Gasteiger partial charge in [-0.1, -0.05) is 27.7 Å². The van der Waals surface area contributed by atoms with Crippen LogP contribution in [0, 0.1) is 11.3 Å². The maximum atomic E-state index is 11.7. The predicted molar refractivity (Wildman–Crippen MR) is 78.1 cm³/mol. The Balaban J connectivity index is 2.36. The number of amides is 2. The number of aromatic nitrogens is 2. The van der Waals surface area contributed by atoms with Crippen molar-refractivity contribution in [1.29, 1.82) is 0 Å². The van der Waals surface area contributed by atoms with Gasteiger partial charge in [0.15, 0.2) is 0 Å². The summed E-state index contributed by atoms with van der Waals surface area (Å²) in [6, 6.07) is -0.238. The van der Waals surface area contributed by atoms with E-state index >= 15 is 0 Å². The molecule has 114 valence electrons. The van der Waals surface area contributed by atoms with E-state index in [0.717, 1.165) is 5.56 Å². The molecular weight excluding hydrogens is 256 g/mol. The molecule has 0 aliphatic heterocycles. The first-order chi connectivity index (χ1) is 9.22. The molecule has 1 unspecified atom stereocenters. The smallest absolute Gasteiger partial charge is 0.315 e. The third-order valence-corrected chi connectivity index (χ3v) is 3.35. The number of hydrogen-bond donors (Lipinski definition) is 3. The Morgan fingerprint density at radius 3 is 2.60 bits per heavy atom. The number of aliphatic hydroxyl groups excluding tert-OH is 1. The summed E-state index contributed by atoms with van der Waals surface area (Å²) >= 11 is 0. The van der Waals surface area contributed by atoms with Crippen LogP contribution in [0.4, 0.5) is 4.79 Å². The molecule has 1 heterocycles. The van der Waals surface area contributed by atoms with Gasteiger partial charge in [-0.15, -0.1) is 0 Å². The number of carbonyl (C=O) groups excluding carboxylic acids is 1. The summed E-state index contributed by atoms with van der Waals surface area (Å²) in [5.41, 5.74) is 0.587. The summed E-state index contributed by atoms with van der Waals surface area (Å²) in [6.07, 6.45) is 3.11. The van der Waals surface area contributed by atoms with Gasteiger partial charge in [0.1, 0.15) is 0 Å². The molecule has 1 aromatic rings. The van der Waals surface area contributed by atoms with Gasteiger partial charge in [-0.05, 0) is 5.92 Å². The Kier molecular flexibility index (Phi) is 5.56. The van der Waals surface area contributed by atoms with Crippen molar-refractivity contribution >= 4 is 6.03 Å². The third kappa shape index (κ3) is 4.85. The van der Waals surface area contributed by atoms with E-state index in [-0.39, 0.29) is 17.4 Å². The number of rotatable bonds is 6. The third-order valence-electron chi connectivity index (χ3n) is 3.35. The summed E-state index contributed by atoms with van der Waals surface area (Å²) < 4.78 is 1.69. The van der Waals surface area contributed by atoms with Crippen molar-refractivity contribution in [2.75, 3.05) is 6.54 Å². The molecule has 1 aromatic heterocycles. The molecular formula is C14H26N4O2. The molecule has 6 heteroatoms. The van der Waals surface area contributed by atoms with E-state index < -0.39 is 6.10 Å². The molecule has 0 fully saturated rings. The van der Waals surface area contributed by atoms with Crippen LogP contribution in [-0.4, -0.2) is 33.6 Å². The average Bonchev–Trinajstić information content (AvgIpc) is 2.78. The Labute approximate surface area is 120 Å². The van der Waals surface area contributed by atoms with E-state index in [1.54, 1.807) is 10.9 Å². The van der Waals surface area contributed by atoms with Gasteiger partial charge in [0, 0.05) is 37.3 Å². The van der Waals surface area contributed by atoms with Crippen LogP contribution >= 0.6 is 0 Å². The fraction of sp³-hybridized carbons (Fsp3) is 0.714. The minimum atomic E-state index is -0.457. The maximum Gasteiger partial charge on any atom is 0.315 e. The lowest BCUT2D eigenvalue weighted by Crippen LogP contribution is -2.46. The van der Waals surface area contributed by atoms with Gasteiger partial charge in [0.05, 0.1) is 12.3 Å². The monoisotopic (exact) mass is 282 g/mol. The molecule has 6 nitrogen and oxygen atoms in total. The van der Waals surface area contributed by atoms with Crippen molar-refractivity contribution in [3.63, 3.8) is 0 Å². The van der Waals surface area contributed by atoms with Gasteiger partial charge in [-0.3, -0.25) is 4.68 Å². The van der Waals surface area contributed by atoms with Crippen LogP contribution < -0.4 is 10.6 Å². The van der Waals surface area contributed by atoms with Crippen molar-refractivity contribution in [2.45, 2.75) is 40.3 Å². The molecule has 0 spiro atoms. The summed E-state index contributed by atoms with van der Waals surface area (Å²) in [7, 11) is 1.83. The Morgan fingerprint density at radius 2 is 2.10 bits per heavy atom. The van der Waals surface area contributed by atoms with E-state index in [9.17, 15) is 9.90 Å². The van der Waals surface area contributed by atoms with Gasteiger partial charge in [-0.2, -0.15) is 5.10 Å². The van der Waals surface area contributed by atoms with Crippen molar-refractivity contribution in [3.8, 4) is 0 Å². The van der Waals surface area contributed by atoms with E-state index in [1.165, 1.54) is 0 Å². The van der Waals surface area contributed by atoms with Gasteiger partial charge >= 0.3 is 6.03 Å². The summed E-state index contributed by atoms with van der Waals surface area (Å²) in [5.74, 6) is 0.158. The molecule has 20 heavy (non-hydrogen) atoms. The number of nitrogens with one attached hydrogen (secondary N) is 2. The van der Waals surface area contributed by atoms with Crippen molar-refractivity contribution in [3.05, 3.63) is 18.0 Å². The Hall–Kier alpha value is -1.56. The molecule has 0 radical (unpaired) electrons. The summed E-state index contributed by atoms with van der Waals surface area (Å²) in [6.45, 7) is 8.68. The maximum absolute atomic E-state index is 11.7. The van der Waals surface area contributed by atoms with Gasteiger partial charge < -0.3 is 15.7 Å². The molecule has 0 aromatic carbocycles. The zero-order valence-electron chi connectivity index (χ0n) is 13.0. The predicted octanol–water partition coefficient (Wildman–Crippen LogP) is 1.26. The Bertz CT molecular complexity index is 440. The number of aryl methyl sites for hydroxylation is 1. The second-order valence-electron chi connectivity index (χ2n) is 6.24. The van der Waals surface area contributed by atoms with E-state index in [0.29, 0.717) is 13.1 Å². The molecule has 0 aliphatic rings. The fourth-order valence-corrected chi connectivity index (χ4v) is 2.12. The van der Waals surface area contributed by atoms with Crippen LogP contribution in [0.3, 0.4) is 0 Å². The molecule has 0 bridgehead atoms. The highest BCUT2D eigenvalue weighted by atomic mass is 16.3. The van der Waals surface area contributed by atoms with E-state index in [1.807, 2.05) is 40.9 Å². The number of hydrogen-bond acceptors (Lipinski definition) is 3. The number of nitrogens with zero attached hydrogens (tertiary/aromatic N) is 2. The average molecular weight is 282 g/mol. The quantitative estimate of drug-likeness (QED) is 0.735. The number of carbonyl (C=O) groups is 1. The number of aliphatic hydroxyl groups is 1. The van der Waals surface area contributed by atoms with Crippen LogP contribution in [0.5, 0.6) is 0 Å². The highest BCUT2D eigenvalue weighted by molar-refractivity contribution is 5.73. The molecule has 2 amide bonds. The van der Waals surface area contributed by atoms with Crippen LogP contribution in [0.25, 0.3) is 0 Å². The van der Waals surface area contributed by atoms with Gasteiger partial charge in [0.25, 0.3) is 0 Å². The van der Waals surface area contributed by atoms with E-state index in [2.05, 4.69) is 15.7 Å². The zero-order chi connectivity index (χ0) is 15.3. The van der Waals surface area contributed by atoms with Gasteiger partial charge in [-0.25, -0.2) is 4.79 Å². The Morgan fingerprint density at radius 1 is 1.45 bits per heavy atom. The normalized spacial score (nSPS) is 13.3. The van der Waals surface area contributed by atoms with Crippen molar-refractivity contribution < 1.29 is 9.90 Å². The number of urea groups is 1. The first-order valence-corrected chi connectivity index (χ1v) is 6.89. The standard InChI is InChI=1S/C14H26N4O2/c1-10(2)12(19)14(3,4)9-16-13(20)15-6-11-7-17-18(5)8-11/h7-8,10,12,19H,6,9H2,1-5H3,(H2,15,16,20). The van der Waals surface area contributed by atoms with E-state index in [4.69, 9.17) is 0 Å². The van der Waals surface area contributed by atoms with Crippen molar-refractivity contribution in [1.82, 2.24) is 20.4 Å². The lowest BCUT2D eigenvalue weighted by Gasteiger charge is -2.33. The summed E-state index contributed by atoms with van der Waals surface area (Å²) in [4.78, 5) is 11.7. The largest absolute Gasteiger partial charge is 0.392 e. The highest BCUT2D eigenvalue weighted by Gasteiger charge is 2.30. The lowest BCUT2D eigenvalue weighted by molar-refractivity contribution is 0.0151. The van der Waals surface area contributed by atoms with Gasteiger partial charge in [0.2, 0.25) is 0 Å². The SMILES string of the molecule is CC(C)C(O)C(C)(C)CNC(=O)NCc1cnn(C)c1. The summed E-state index contributed by atoms with van der Waals surface area (Å²) in [5, 5.41) is 19.7. The minimum absolute atomic E-state index is 0.158. The second-order valence-corrected chi connectivity index (χ2v) is 6.24. The first-order valence-electron chi connectivity index (χ1n) is 6.89. The topological polar surface area (TPSA) is 79.2 Å². The van der Waals surface area contributed by atoms with Crippen LogP contribution in [0.1, 0.15) is 33.3 Å². The second kappa shape index (κ2) is 6.74. The fourth-order valence-electron chi connectivity index (χ4n) is 2.12. The lowest BCUT2D eigenvalue weighted by atomic mass is 9.81.